The summed E-state index contributed by atoms with van der Waals surface area (Å²) < 4.78 is 0. The van der Waals surface area contributed by atoms with E-state index in [0.29, 0.717) is 41.4 Å². The predicted molar refractivity (Wildman–Crippen MR) is 379 cm³/mol. The number of hydrogen-bond acceptors (Lipinski definition) is 8. The molecule has 0 aromatic carbocycles. The van der Waals surface area contributed by atoms with Crippen LogP contribution in [0.15, 0.2) is 101 Å². The summed E-state index contributed by atoms with van der Waals surface area (Å²) >= 11 is 0. The number of allylic oxidation sites excluding steroid dienone is 4. The summed E-state index contributed by atoms with van der Waals surface area (Å²) in [4.78, 5) is 0. The molecule has 0 aliphatic heterocycles. The monoisotopic (exact) mass is 1230 g/mol. The minimum absolute atomic E-state index is 0.0213. The van der Waals surface area contributed by atoms with E-state index in [2.05, 4.69) is 163 Å². The second kappa shape index (κ2) is 37.5. The molecule has 22 atom stereocenters. The highest BCUT2D eigenvalue weighted by Crippen LogP contribution is 2.46. The molecular formula is C80H144O8. The van der Waals surface area contributed by atoms with E-state index >= 15 is 0 Å². The maximum absolute atomic E-state index is 9.83. The third-order valence-corrected chi connectivity index (χ3v) is 24.6. The van der Waals surface area contributed by atoms with E-state index < -0.39 is 0 Å². The van der Waals surface area contributed by atoms with Crippen LogP contribution < -0.4 is 0 Å². The molecule has 0 heterocycles. The molecule has 0 radical (unpaired) electrons. The molecule has 0 aromatic heterocycles. The van der Waals surface area contributed by atoms with E-state index in [-0.39, 0.29) is 92.2 Å². The minimum atomic E-state index is -0.186. The van der Waals surface area contributed by atoms with Crippen molar-refractivity contribution < 1.29 is 40.9 Å². The van der Waals surface area contributed by atoms with Crippen molar-refractivity contribution in [2.75, 3.05) is 0 Å². The van der Waals surface area contributed by atoms with Crippen LogP contribution in [0.25, 0.3) is 0 Å². The van der Waals surface area contributed by atoms with Crippen LogP contribution in [0.3, 0.4) is 0 Å². The highest BCUT2D eigenvalue weighted by atomic mass is 16.3. The third kappa shape index (κ3) is 24.8. The van der Waals surface area contributed by atoms with E-state index in [1.54, 1.807) is 0 Å². The Kier molecular flexibility index (Phi) is 35.6. The van der Waals surface area contributed by atoms with E-state index in [4.69, 9.17) is 0 Å². The van der Waals surface area contributed by atoms with Gasteiger partial charge >= 0.3 is 0 Å². The van der Waals surface area contributed by atoms with E-state index in [1.165, 1.54) is 25.7 Å². The number of rotatable bonds is 8. The van der Waals surface area contributed by atoms with Crippen LogP contribution in [0.1, 0.15) is 265 Å². The minimum Gasteiger partial charge on any atom is -0.393 e. The average molecular weight is 1230 g/mol. The summed E-state index contributed by atoms with van der Waals surface area (Å²) in [5.74, 6) is 4.67. The zero-order valence-electron chi connectivity index (χ0n) is 60.1. The summed E-state index contributed by atoms with van der Waals surface area (Å²) in [5.41, 5.74) is 0.548. The van der Waals surface area contributed by atoms with Crippen LogP contribution >= 0.6 is 0 Å². The molecule has 22 unspecified atom stereocenters. The molecule has 512 valence electrons. The first kappa shape index (κ1) is 83.6. The molecule has 8 nitrogen and oxygen atoms in total. The van der Waals surface area contributed by atoms with Gasteiger partial charge in [-0.05, 0) is 204 Å². The van der Waals surface area contributed by atoms with Crippen molar-refractivity contribution in [3.63, 3.8) is 0 Å². The molecule has 8 aliphatic rings. The van der Waals surface area contributed by atoms with Gasteiger partial charge in [0.2, 0.25) is 0 Å². The van der Waals surface area contributed by atoms with Crippen LogP contribution in [0, 0.1) is 90.7 Å². The van der Waals surface area contributed by atoms with Crippen LogP contribution in [-0.4, -0.2) is 89.7 Å². The smallest absolute Gasteiger partial charge is 0.0653 e. The molecule has 8 heteroatoms. The van der Waals surface area contributed by atoms with Gasteiger partial charge in [-0.2, -0.15) is 0 Å². The Hall–Kier alpha value is -2.40. The van der Waals surface area contributed by atoms with E-state index in [0.717, 1.165) is 134 Å². The van der Waals surface area contributed by atoms with Gasteiger partial charge in [0.05, 0.1) is 48.8 Å². The van der Waals surface area contributed by atoms with Gasteiger partial charge in [-0.3, -0.25) is 0 Å². The highest BCUT2D eigenvalue weighted by Gasteiger charge is 2.41. The van der Waals surface area contributed by atoms with Crippen molar-refractivity contribution >= 4 is 0 Å². The van der Waals surface area contributed by atoms with Crippen molar-refractivity contribution in [3.8, 4) is 0 Å². The summed E-state index contributed by atoms with van der Waals surface area (Å²) in [6.07, 6.45) is 40.1. The second-order valence-electron chi connectivity index (χ2n) is 32.7. The van der Waals surface area contributed by atoms with Crippen LogP contribution in [-0.2, 0) is 0 Å². The lowest BCUT2D eigenvalue weighted by Crippen LogP contribution is -2.39. The molecule has 8 N–H and O–H groups in total. The van der Waals surface area contributed by atoms with Gasteiger partial charge in [0, 0.05) is 21.7 Å². The summed E-state index contributed by atoms with van der Waals surface area (Å²) in [7, 11) is 0. The topological polar surface area (TPSA) is 162 Å². The fourth-order valence-corrected chi connectivity index (χ4v) is 15.3. The van der Waals surface area contributed by atoms with Gasteiger partial charge in [0.25, 0.3) is 0 Å². The van der Waals surface area contributed by atoms with Crippen molar-refractivity contribution in [1.82, 2.24) is 0 Å². The predicted octanol–water partition coefficient (Wildman–Crippen LogP) is 18.9. The molecule has 8 rings (SSSR count). The van der Waals surface area contributed by atoms with Crippen molar-refractivity contribution in [3.05, 3.63) is 101 Å². The van der Waals surface area contributed by atoms with Gasteiger partial charge in [0.1, 0.15) is 0 Å². The lowest BCUT2D eigenvalue weighted by Gasteiger charge is -2.41. The molecule has 8 fully saturated rings. The Labute approximate surface area is 543 Å². The lowest BCUT2D eigenvalue weighted by atomic mass is 9.66. The van der Waals surface area contributed by atoms with Crippen molar-refractivity contribution in [2.24, 2.45) is 90.7 Å². The molecule has 8 saturated carbocycles. The number of aliphatic hydroxyl groups is 8. The molecule has 0 bridgehead atoms. The van der Waals surface area contributed by atoms with Crippen LogP contribution in [0.4, 0.5) is 0 Å². The summed E-state index contributed by atoms with van der Waals surface area (Å²) in [6.45, 7) is 65.0. The molecule has 8 aliphatic carbocycles. The fourth-order valence-electron chi connectivity index (χ4n) is 15.3. The van der Waals surface area contributed by atoms with Gasteiger partial charge in [-0.1, -0.05) is 179 Å². The lowest BCUT2D eigenvalue weighted by molar-refractivity contribution is -0.00817. The molecule has 0 saturated heterocycles. The second-order valence-corrected chi connectivity index (χ2v) is 32.7. The first-order valence-corrected chi connectivity index (χ1v) is 35.2. The normalized spacial score (nSPS) is 43.2. The summed E-state index contributed by atoms with van der Waals surface area (Å²) in [6, 6.07) is 0. The zero-order chi connectivity index (χ0) is 67.9. The van der Waals surface area contributed by atoms with Crippen molar-refractivity contribution in [1.29, 1.82) is 0 Å². The first-order valence-electron chi connectivity index (χ1n) is 35.2. The maximum Gasteiger partial charge on any atom is 0.0653 e. The standard InChI is InChI=1S/8C10H18O/c1-4-8-5-6-9(11)7-10(8,2)3;1-4-8-5-6-9(11)10(2,3)7-8;1-4-10(3)7-9(11)6-5-8(10)2;1-4-10(3)6-5-8(2)7-9(10)11;1-4-10(3)7-8(2)5-6-9(10)11;1-4-10(3)7-5-6-9(11)8(10)2;1-4-10(3)7-5-6-8(2)9(10)11;1-4-10(3)8(2)6-5-7-9(10)11/h8*4,8-9,11H,1,5-7H2,2-3H3. The molecule has 0 aromatic rings. The number of hydrogen-bond donors (Lipinski definition) is 8. The highest BCUT2D eigenvalue weighted by molar-refractivity contribution is 5.05. The summed E-state index contributed by atoms with van der Waals surface area (Å²) in [5, 5.41) is 77.0. The number of aliphatic hydroxyl groups excluding tert-OH is 8. The van der Waals surface area contributed by atoms with Crippen molar-refractivity contribution in [2.45, 2.75) is 314 Å². The maximum atomic E-state index is 9.83. The largest absolute Gasteiger partial charge is 0.393 e. The quantitative estimate of drug-likeness (QED) is 0.111. The average Bonchev–Trinajstić information content (AvgIpc) is 3.49. The Morgan fingerprint density at radius 2 is 0.886 bits per heavy atom. The first-order chi connectivity index (χ1) is 40.7. The third-order valence-electron chi connectivity index (χ3n) is 24.6. The zero-order valence-corrected chi connectivity index (χ0v) is 60.1. The molecular weight excluding hydrogens is 1090 g/mol. The van der Waals surface area contributed by atoms with Gasteiger partial charge < -0.3 is 40.9 Å². The Bertz CT molecular complexity index is 1980. The van der Waals surface area contributed by atoms with E-state index in [1.807, 2.05) is 48.6 Å². The molecule has 0 spiro atoms. The van der Waals surface area contributed by atoms with Gasteiger partial charge in [0.15, 0.2) is 0 Å². The van der Waals surface area contributed by atoms with Crippen LogP contribution in [0.5, 0.6) is 0 Å². The Morgan fingerprint density at radius 1 is 0.352 bits per heavy atom. The Morgan fingerprint density at radius 3 is 1.33 bits per heavy atom. The van der Waals surface area contributed by atoms with Crippen LogP contribution in [0.2, 0.25) is 0 Å². The van der Waals surface area contributed by atoms with Gasteiger partial charge in [-0.15, -0.1) is 52.6 Å². The van der Waals surface area contributed by atoms with Gasteiger partial charge in [-0.25, -0.2) is 0 Å². The molecule has 88 heavy (non-hydrogen) atoms. The fraction of sp³-hybridized carbons (Fsp3) is 0.800. The van der Waals surface area contributed by atoms with E-state index in [9.17, 15) is 40.9 Å². The SMILES string of the molecule is C=CC1(C)C(C)CCCC1O.C=CC1(C)CC(C)CCC1O.C=CC1(C)CC(O)CCC1C.C=CC1(C)CCC(C)CC1O.C=CC1(C)CCCC(C)C1O.C=CC1(C)CCCC(O)C1C.C=CC1CCC(O)C(C)(C)C1.C=CC1CCC(O)CC1(C)C. The Balaban J connectivity index is 0.000000503. The molecule has 0 amide bonds.